The number of carbonyl (C=O) groups is 1. The molecule has 100 valence electrons. The number of amides is 1. The second-order valence-electron chi connectivity index (χ2n) is 4.60. The second-order valence-corrected chi connectivity index (χ2v) is 4.60. The fraction of sp³-hybridized carbons (Fsp3) is 0.267. The zero-order valence-corrected chi connectivity index (χ0v) is 11.3. The largest absolute Gasteiger partial charge is 0.381 e. The molecule has 1 amide bonds. The average Bonchev–Trinajstić information content (AvgIpc) is 2.85. The van der Waals surface area contributed by atoms with Gasteiger partial charge in [-0.05, 0) is 49.2 Å². The molecule has 0 spiro atoms. The van der Waals surface area contributed by atoms with Crippen LogP contribution in [-0.4, -0.2) is 10.5 Å². The smallest absolute Gasteiger partial charge is 0.248 e. The van der Waals surface area contributed by atoms with E-state index in [1.54, 1.807) is 6.07 Å². The van der Waals surface area contributed by atoms with Crippen LogP contribution in [0.1, 0.15) is 28.4 Å². The van der Waals surface area contributed by atoms with Gasteiger partial charge in [0, 0.05) is 36.7 Å². The third-order valence-electron chi connectivity index (χ3n) is 3.17. The highest BCUT2D eigenvalue weighted by molar-refractivity contribution is 5.93. The van der Waals surface area contributed by atoms with Crippen molar-refractivity contribution in [2.45, 2.75) is 26.9 Å². The molecule has 0 fully saturated rings. The van der Waals surface area contributed by atoms with Gasteiger partial charge in [-0.1, -0.05) is 0 Å². The SMILES string of the molecule is CCn1ccc(CNc2ccc(C(N)=O)cc2C)c1. The number of primary amides is 1. The first kappa shape index (κ1) is 13.2. The summed E-state index contributed by atoms with van der Waals surface area (Å²) in [5.41, 5.74) is 9.07. The van der Waals surface area contributed by atoms with Crippen LogP contribution in [0, 0.1) is 6.92 Å². The van der Waals surface area contributed by atoms with E-state index in [0.717, 1.165) is 24.3 Å². The monoisotopic (exact) mass is 257 g/mol. The first-order chi connectivity index (χ1) is 9.10. The number of nitrogens with one attached hydrogen (secondary N) is 1. The normalized spacial score (nSPS) is 10.4. The minimum Gasteiger partial charge on any atom is -0.381 e. The Morgan fingerprint density at radius 3 is 2.74 bits per heavy atom. The van der Waals surface area contributed by atoms with Gasteiger partial charge >= 0.3 is 0 Å². The van der Waals surface area contributed by atoms with Gasteiger partial charge < -0.3 is 15.6 Å². The third-order valence-corrected chi connectivity index (χ3v) is 3.17. The van der Waals surface area contributed by atoms with E-state index in [-0.39, 0.29) is 0 Å². The number of benzene rings is 1. The Bertz CT molecular complexity index is 587. The maximum atomic E-state index is 11.1. The Morgan fingerprint density at radius 1 is 1.37 bits per heavy atom. The van der Waals surface area contributed by atoms with Crippen LogP contribution in [0.5, 0.6) is 0 Å². The van der Waals surface area contributed by atoms with Gasteiger partial charge in [0.25, 0.3) is 0 Å². The van der Waals surface area contributed by atoms with Crippen molar-refractivity contribution in [2.75, 3.05) is 5.32 Å². The quantitative estimate of drug-likeness (QED) is 0.864. The first-order valence-corrected chi connectivity index (χ1v) is 6.39. The van der Waals surface area contributed by atoms with Gasteiger partial charge in [-0.15, -0.1) is 0 Å². The molecule has 2 aromatic rings. The Balaban J connectivity index is 2.05. The van der Waals surface area contributed by atoms with Gasteiger partial charge in [0.2, 0.25) is 5.91 Å². The minimum atomic E-state index is -0.394. The van der Waals surface area contributed by atoms with Crippen LogP contribution in [0.4, 0.5) is 5.69 Å². The molecule has 0 aliphatic carbocycles. The molecule has 1 aromatic heterocycles. The Morgan fingerprint density at radius 2 is 2.16 bits per heavy atom. The fourth-order valence-corrected chi connectivity index (χ4v) is 2.00. The zero-order valence-electron chi connectivity index (χ0n) is 11.3. The molecular formula is C15H19N3O. The van der Waals surface area contributed by atoms with Crippen LogP contribution in [-0.2, 0) is 13.1 Å². The predicted molar refractivity (Wildman–Crippen MR) is 77.1 cm³/mol. The van der Waals surface area contributed by atoms with Gasteiger partial charge in [0.15, 0.2) is 0 Å². The van der Waals surface area contributed by atoms with E-state index in [4.69, 9.17) is 5.73 Å². The lowest BCUT2D eigenvalue weighted by Gasteiger charge is -2.09. The lowest BCUT2D eigenvalue weighted by atomic mass is 10.1. The summed E-state index contributed by atoms with van der Waals surface area (Å²) in [4.78, 5) is 11.1. The number of nitrogens with two attached hydrogens (primary N) is 1. The average molecular weight is 257 g/mol. The number of hydrogen-bond acceptors (Lipinski definition) is 2. The van der Waals surface area contributed by atoms with Crippen molar-refractivity contribution >= 4 is 11.6 Å². The summed E-state index contributed by atoms with van der Waals surface area (Å²) in [5.74, 6) is -0.394. The van der Waals surface area contributed by atoms with Crippen LogP contribution >= 0.6 is 0 Å². The topological polar surface area (TPSA) is 60.1 Å². The molecule has 0 aliphatic rings. The van der Waals surface area contributed by atoms with Crippen molar-refractivity contribution in [3.05, 3.63) is 53.3 Å². The molecule has 3 N–H and O–H groups in total. The minimum absolute atomic E-state index is 0.394. The summed E-state index contributed by atoms with van der Waals surface area (Å²) in [5, 5.41) is 3.37. The lowest BCUT2D eigenvalue weighted by molar-refractivity contribution is 0.1000. The van der Waals surface area contributed by atoms with E-state index < -0.39 is 5.91 Å². The summed E-state index contributed by atoms with van der Waals surface area (Å²) in [6.45, 7) is 5.83. The van der Waals surface area contributed by atoms with E-state index in [0.29, 0.717) is 5.56 Å². The fourth-order valence-electron chi connectivity index (χ4n) is 2.00. The highest BCUT2D eigenvalue weighted by atomic mass is 16.1. The number of aromatic nitrogens is 1. The number of nitrogens with zero attached hydrogens (tertiary/aromatic N) is 1. The van der Waals surface area contributed by atoms with Gasteiger partial charge in [-0.2, -0.15) is 0 Å². The molecule has 19 heavy (non-hydrogen) atoms. The molecule has 2 rings (SSSR count). The van der Waals surface area contributed by atoms with Crippen LogP contribution in [0.25, 0.3) is 0 Å². The number of hydrogen-bond donors (Lipinski definition) is 2. The maximum Gasteiger partial charge on any atom is 0.248 e. The van der Waals surface area contributed by atoms with Crippen molar-refractivity contribution in [2.24, 2.45) is 5.73 Å². The van der Waals surface area contributed by atoms with Crippen molar-refractivity contribution in [3.8, 4) is 0 Å². The number of rotatable bonds is 5. The van der Waals surface area contributed by atoms with Crippen molar-refractivity contribution in [1.29, 1.82) is 0 Å². The molecular weight excluding hydrogens is 238 g/mol. The van der Waals surface area contributed by atoms with Gasteiger partial charge in [0.05, 0.1) is 0 Å². The highest BCUT2D eigenvalue weighted by Gasteiger charge is 2.04. The van der Waals surface area contributed by atoms with Crippen molar-refractivity contribution in [3.63, 3.8) is 0 Å². The van der Waals surface area contributed by atoms with E-state index in [2.05, 4.69) is 35.3 Å². The molecule has 1 heterocycles. The summed E-state index contributed by atoms with van der Waals surface area (Å²) < 4.78 is 2.14. The molecule has 0 radical (unpaired) electrons. The molecule has 1 aromatic carbocycles. The summed E-state index contributed by atoms with van der Waals surface area (Å²) in [6, 6.07) is 7.55. The Labute approximate surface area is 113 Å². The van der Waals surface area contributed by atoms with Gasteiger partial charge in [-0.25, -0.2) is 0 Å². The Kier molecular flexibility index (Phi) is 3.90. The van der Waals surface area contributed by atoms with E-state index in [9.17, 15) is 4.79 Å². The number of anilines is 1. The van der Waals surface area contributed by atoms with Crippen LogP contribution < -0.4 is 11.1 Å². The molecule has 0 saturated carbocycles. The predicted octanol–water partition coefficient (Wildman–Crippen LogP) is 2.53. The standard InChI is InChI=1S/C15H19N3O/c1-3-18-7-6-12(10-18)9-17-14-5-4-13(15(16)19)8-11(14)2/h4-8,10,17H,3,9H2,1-2H3,(H2,16,19). The van der Waals surface area contributed by atoms with Crippen molar-refractivity contribution < 1.29 is 4.79 Å². The zero-order chi connectivity index (χ0) is 13.8. The highest BCUT2D eigenvalue weighted by Crippen LogP contribution is 2.17. The number of aryl methyl sites for hydroxylation is 2. The third kappa shape index (κ3) is 3.16. The summed E-state index contributed by atoms with van der Waals surface area (Å²) >= 11 is 0. The molecule has 4 heteroatoms. The first-order valence-electron chi connectivity index (χ1n) is 6.39. The number of carbonyl (C=O) groups excluding carboxylic acids is 1. The Hall–Kier alpha value is -2.23. The van der Waals surface area contributed by atoms with Crippen LogP contribution in [0.3, 0.4) is 0 Å². The second kappa shape index (κ2) is 5.61. The van der Waals surface area contributed by atoms with Crippen LogP contribution in [0.15, 0.2) is 36.7 Å². The lowest BCUT2D eigenvalue weighted by Crippen LogP contribution is -2.11. The molecule has 0 unspecified atom stereocenters. The maximum absolute atomic E-state index is 11.1. The molecule has 0 aliphatic heterocycles. The van der Waals surface area contributed by atoms with Crippen molar-refractivity contribution in [1.82, 2.24) is 4.57 Å². The van der Waals surface area contributed by atoms with Gasteiger partial charge in [0.1, 0.15) is 0 Å². The summed E-state index contributed by atoms with van der Waals surface area (Å²) in [7, 11) is 0. The van der Waals surface area contributed by atoms with Gasteiger partial charge in [-0.3, -0.25) is 4.79 Å². The van der Waals surface area contributed by atoms with E-state index in [1.165, 1.54) is 5.56 Å². The van der Waals surface area contributed by atoms with E-state index >= 15 is 0 Å². The molecule has 4 nitrogen and oxygen atoms in total. The van der Waals surface area contributed by atoms with Crippen LogP contribution in [0.2, 0.25) is 0 Å². The van der Waals surface area contributed by atoms with E-state index in [1.807, 2.05) is 19.1 Å². The molecule has 0 atom stereocenters. The molecule has 0 bridgehead atoms. The summed E-state index contributed by atoms with van der Waals surface area (Å²) in [6.07, 6.45) is 4.19. The molecule has 0 saturated heterocycles.